The summed E-state index contributed by atoms with van der Waals surface area (Å²) >= 11 is 0. The van der Waals surface area contributed by atoms with Gasteiger partial charge in [-0.2, -0.15) is 0 Å². The van der Waals surface area contributed by atoms with E-state index in [1.807, 2.05) is 13.8 Å². The maximum Gasteiger partial charge on any atom is 0.220 e. The number of nitrogens with one attached hydrogen (secondary N) is 1. The lowest BCUT2D eigenvalue weighted by Crippen LogP contribution is -2.44. The van der Waals surface area contributed by atoms with E-state index in [0.29, 0.717) is 13.0 Å². The lowest BCUT2D eigenvalue weighted by Gasteiger charge is -2.25. The Labute approximate surface area is 110 Å². The van der Waals surface area contributed by atoms with E-state index in [9.17, 15) is 4.79 Å². The molecule has 0 aromatic heterocycles. The van der Waals surface area contributed by atoms with E-state index in [1.165, 1.54) is 11.1 Å². The summed E-state index contributed by atoms with van der Waals surface area (Å²) in [5.74, 6) is 0.0917. The average Bonchev–Trinajstić information content (AvgIpc) is 2.27. The van der Waals surface area contributed by atoms with Crippen LogP contribution < -0.4 is 11.1 Å². The van der Waals surface area contributed by atoms with E-state index in [2.05, 4.69) is 36.5 Å². The van der Waals surface area contributed by atoms with Gasteiger partial charge in [0, 0.05) is 12.0 Å². The van der Waals surface area contributed by atoms with Gasteiger partial charge in [-0.05, 0) is 45.7 Å². The molecule has 0 aliphatic heterocycles. The Morgan fingerprint density at radius 2 is 1.89 bits per heavy atom. The standard InChI is InChI=1S/C15H24N2O/c1-12-4-6-13(7-5-12)8-9-14(18)17-15(2,3)10-11-16/h4-7H,8-11,16H2,1-3H3,(H,17,18). The number of carbonyl (C=O) groups is 1. The lowest BCUT2D eigenvalue weighted by molar-refractivity contribution is -0.122. The summed E-state index contributed by atoms with van der Waals surface area (Å²) < 4.78 is 0. The van der Waals surface area contributed by atoms with Crippen molar-refractivity contribution in [2.24, 2.45) is 5.73 Å². The van der Waals surface area contributed by atoms with E-state index in [1.54, 1.807) is 0 Å². The first-order valence-corrected chi connectivity index (χ1v) is 6.49. The molecular weight excluding hydrogens is 224 g/mol. The van der Waals surface area contributed by atoms with Gasteiger partial charge in [-0.25, -0.2) is 0 Å². The van der Waals surface area contributed by atoms with Gasteiger partial charge in [-0.3, -0.25) is 4.79 Å². The number of carbonyl (C=O) groups excluding carboxylic acids is 1. The Bertz CT molecular complexity index is 382. The van der Waals surface area contributed by atoms with E-state index in [0.717, 1.165) is 12.8 Å². The minimum Gasteiger partial charge on any atom is -0.351 e. The monoisotopic (exact) mass is 248 g/mol. The van der Waals surface area contributed by atoms with Crippen LogP contribution in [-0.2, 0) is 11.2 Å². The Kier molecular flexibility index (Phi) is 5.35. The van der Waals surface area contributed by atoms with E-state index < -0.39 is 0 Å². The van der Waals surface area contributed by atoms with Crippen molar-refractivity contribution < 1.29 is 4.79 Å². The Morgan fingerprint density at radius 3 is 2.44 bits per heavy atom. The van der Waals surface area contributed by atoms with Crippen LogP contribution in [0.1, 0.15) is 37.8 Å². The third-order valence-corrected chi connectivity index (χ3v) is 3.01. The second kappa shape index (κ2) is 6.55. The van der Waals surface area contributed by atoms with Crippen molar-refractivity contribution in [3.8, 4) is 0 Å². The highest BCUT2D eigenvalue weighted by atomic mass is 16.1. The van der Waals surface area contributed by atoms with Crippen LogP contribution in [0, 0.1) is 6.92 Å². The topological polar surface area (TPSA) is 55.1 Å². The molecule has 0 spiro atoms. The molecule has 3 N–H and O–H groups in total. The van der Waals surface area contributed by atoms with Crippen LogP contribution >= 0.6 is 0 Å². The molecule has 0 saturated carbocycles. The van der Waals surface area contributed by atoms with E-state index in [4.69, 9.17) is 5.73 Å². The fourth-order valence-electron chi connectivity index (χ4n) is 1.88. The van der Waals surface area contributed by atoms with Crippen molar-refractivity contribution in [1.29, 1.82) is 0 Å². The fraction of sp³-hybridized carbons (Fsp3) is 0.533. The molecule has 0 heterocycles. The third kappa shape index (κ3) is 5.32. The number of aryl methyl sites for hydroxylation is 2. The minimum atomic E-state index is -0.209. The van der Waals surface area contributed by atoms with Crippen molar-refractivity contribution in [3.63, 3.8) is 0 Å². The van der Waals surface area contributed by atoms with Gasteiger partial charge < -0.3 is 11.1 Å². The predicted molar refractivity (Wildman–Crippen MR) is 75.4 cm³/mol. The van der Waals surface area contributed by atoms with Crippen LogP contribution in [0.15, 0.2) is 24.3 Å². The molecule has 0 unspecified atom stereocenters. The summed E-state index contributed by atoms with van der Waals surface area (Å²) in [7, 11) is 0. The molecule has 1 amide bonds. The maximum atomic E-state index is 11.8. The van der Waals surface area contributed by atoms with E-state index in [-0.39, 0.29) is 11.4 Å². The zero-order valence-electron chi connectivity index (χ0n) is 11.6. The molecular formula is C15H24N2O. The first-order chi connectivity index (χ1) is 8.43. The van der Waals surface area contributed by atoms with E-state index >= 15 is 0 Å². The van der Waals surface area contributed by atoms with Gasteiger partial charge in [0.15, 0.2) is 0 Å². The van der Waals surface area contributed by atoms with Crippen LogP contribution in [0.3, 0.4) is 0 Å². The smallest absolute Gasteiger partial charge is 0.220 e. The second-order valence-corrected chi connectivity index (χ2v) is 5.46. The summed E-state index contributed by atoms with van der Waals surface area (Å²) in [5, 5.41) is 3.02. The molecule has 0 atom stereocenters. The first kappa shape index (κ1) is 14.7. The van der Waals surface area contributed by atoms with Crippen LogP contribution in [0.4, 0.5) is 0 Å². The zero-order chi connectivity index (χ0) is 13.6. The van der Waals surface area contributed by atoms with Crippen molar-refractivity contribution >= 4 is 5.91 Å². The summed E-state index contributed by atoms with van der Waals surface area (Å²) in [6, 6.07) is 8.30. The predicted octanol–water partition coefficient (Wildman–Crippen LogP) is 2.17. The molecule has 1 aromatic rings. The highest BCUT2D eigenvalue weighted by Gasteiger charge is 2.18. The van der Waals surface area contributed by atoms with Crippen molar-refractivity contribution in [3.05, 3.63) is 35.4 Å². The Morgan fingerprint density at radius 1 is 1.28 bits per heavy atom. The van der Waals surface area contributed by atoms with Gasteiger partial charge in [0.05, 0.1) is 0 Å². The number of nitrogens with two attached hydrogens (primary N) is 1. The van der Waals surface area contributed by atoms with Gasteiger partial charge in [-0.1, -0.05) is 29.8 Å². The molecule has 0 fully saturated rings. The number of hydrogen-bond acceptors (Lipinski definition) is 2. The third-order valence-electron chi connectivity index (χ3n) is 3.01. The number of rotatable bonds is 6. The molecule has 3 heteroatoms. The van der Waals surface area contributed by atoms with Gasteiger partial charge in [0.2, 0.25) is 5.91 Å². The fourth-order valence-corrected chi connectivity index (χ4v) is 1.88. The summed E-state index contributed by atoms with van der Waals surface area (Å²) in [4.78, 5) is 11.8. The molecule has 3 nitrogen and oxygen atoms in total. The molecule has 0 radical (unpaired) electrons. The first-order valence-electron chi connectivity index (χ1n) is 6.49. The second-order valence-electron chi connectivity index (χ2n) is 5.46. The average molecular weight is 248 g/mol. The maximum absolute atomic E-state index is 11.8. The molecule has 0 bridgehead atoms. The number of hydrogen-bond donors (Lipinski definition) is 2. The van der Waals surface area contributed by atoms with Gasteiger partial charge in [0.25, 0.3) is 0 Å². The summed E-state index contributed by atoms with van der Waals surface area (Å²) in [6.45, 7) is 6.66. The molecule has 100 valence electrons. The molecule has 1 rings (SSSR count). The zero-order valence-corrected chi connectivity index (χ0v) is 11.6. The SMILES string of the molecule is Cc1ccc(CCC(=O)NC(C)(C)CCN)cc1. The Hall–Kier alpha value is -1.35. The van der Waals surface area contributed by atoms with Crippen molar-refractivity contribution in [1.82, 2.24) is 5.32 Å². The number of amides is 1. The molecule has 0 aliphatic carbocycles. The molecule has 0 saturated heterocycles. The van der Waals surface area contributed by atoms with Crippen LogP contribution in [-0.4, -0.2) is 18.0 Å². The minimum absolute atomic E-state index is 0.0917. The largest absolute Gasteiger partial charge is 0.351 e. The summed E-state index contributed by atoms with van der Waals surface area (Å²) in [5.41, 5.74) is 7.75. The Balaban J connectivity index is 2.39. The van der Waals surface area contributed by atoms with Crippen molar-refractivity contribution in [2.75, 3.05) is 6.54 Å². The lowest BCUT2D eigenvalue weighted by atomic mass is 10.00. The van der Waals surface area contributed by atoms with Crippen LogP contribution in [0.25, 0.3) is 0 Å². The van der Waals surface area contributed by atoms with Crippen molar-refractivity contribution in [2.45, 2.75) is 45.6 Å². The highest BCUT2D eigenvalue weighted by molar-refractivity contribution is 5.76. The molecule has 1 aromatic carbocycles. The van der Waals surface area contributed by atoms with Crippen LogP contribution in [0.5, 0.6) is 0 Å². The van der Waals surface area contributed by atoms with Gasteiger partial charge in [0.1, 0.15) is 0 Å². The summed E-state index contributed by atoms with van der Waals surface area (Å²) in [6.07, 6.45) is 2.10. The quantitative estimate of drug-likeness (QED) is 0.810. The molecule has 18 heavy (non-hydrogen) atoms. The number of benzene rings is 1. The van der Waals surface area contributed by atoms with Gasteiger partial charge in [-0.15, -0.1) is 0 Å². The normalized spacial score (nSPS) is 11.3. The molecule has 0 aliphatic rings. The highest BCUT2D eigenvalue weighted by Crippen LogP contribution is 2.09. The van der Waals surface area contributed by atoms with Gasteiger partial charge >= 0.3 is 0 Å². The van der Waals surface area contributed by atoms with Crippen LogP contribution in [0.2, 0.25) is 0 Å².